The van der Waals surface area contributed by atoms with Gasteiger partial charge in [-0.05, 0) is 35.8 Å². The van der Waals surface area contributed by atoms with Crippen LogP contribution in [0, 0.1) is 17.3 Å². The summed E-state index contributed by atoms with van der Waals surface area (Å²) in [5.74, 6) is 1.19. The first-order chi connectivity index (χ1) is 12.6. The highest BCUT2D eigenvalue weighted by molar-refractivity contribution is 5.54. The van der Waals surface area contributed by atoms with Crippen LogP contribution in [0.15, 0.2) is 77.0 Å². The van der Waals surface area contributed by atoms with Crippen molar-refractivity contribution in [3.8, 4) is 0 Å². The molecule has 1 aliphatic heterocycles. The summed E-state index contributed by atoms with van der Waals surface area (Å²) < 4.78 is 0. The first kappa shape index (κ1) is 16.0. The van der Waals surface area contributed by atoms with Crippen LogP contribution in [0.5, 0.6) is 0 Å². The van der Waals surface area contributed by atoms with Crippen LogP contribution in [0.25, 0.3) is 6.08 Å². The van der Waals surface area contributed by atoms with E-state index in [-0.39, 0.29) is 16.5 Å². The van der Waals surface area contributed by atoms with Crippen molar-refractivity contribution in [2.45, 2.75) is 44.2 Å². The molecule has 0 unspecified atom stereocenters. The summed E-state index contributed by atoms with van der Waals surface area (Å²) in [6.07, 6.45) is 8.48. The van der Waals surface area contributed by atoms with Crippen LogP contribution >= 0.6 is 0 Å². The highest BCUT2D eigenvalue weighted by Gasteiger charge is 2.76. The van der Waals surface area contributed by atoms with Crippen molar-refractivity contribution >= 4 is 6.08 Å². The van der Waals surface area contributed by atoms with E-state index in [1.165, 1.54) is 30.4 Å². The number of nitrogens with zero attached hydrogens (tertiary/aromatic N) is 2. The zero-order chi connectivity index (χ0) is 17.8. The molecule has 0 saturated heterocycles. The molecule has 1 heterocycles. The predicted molar refractivity (Wildman–Crippen MR) is 106 cm³/mol. The average Bonchev–Trinajstić information content (AvgIpc) is 3.29. The lowest BCUT2D eigenvalue weighted by Gasteiger charge is -2.40. The molecule has 26 heavy (non-hydrogen) atoms. The quantitative estimate of drug-likeness (QED) is 0.629. The Bertz CT molecular complexity index is 868. The van der Waals surface area contributed by atoms with Crippen molar-refractivity contribution in [3.63, 3.8) is 0 Å². The third-order valence-corrected chi connectivity index (χ3v) is 7.49. The minimum atomic E-state index is -0.195. The van der Waals surface area contributed by atoms with E-state index < -0.39 is 0 Å². The van der Waals surface area contributed by atoms with Gasteiger partial charge in [0.25, 0.3) is 0 Å². The Morgan fingerprint density at radius 1 is 0.846 bits per heavy atom. The molecule has 2 heteroatoms. The third kappa shape index (κ3) is 1.78. The van der Waals surface area contributed by atoms with Crippen LogP contribution in [0.4, 0.5) is 0 Å². The van der Waals surface area contributed by atoms with Crippen LogP contribution in [-0.4, -0.2) is 5.54 Å². The largest absolute Gasteiger partial charge is 0.181 e. The molecule has 3 aliphatic rings. The number of benzene rings is 2. The maximum atomic E-state index is 5.06. The molecule has 2 bridgehead atoms. The first-order valence-electron chi connectivity index (χ1n) is 9.86. The molecule has 2 aromatic rings. The maximum Gasteiger partial charge on any atom is 0.117 e. The zero-order valence-corrected chi connectivity index (χ0v) is 15.6. The lowest BCUT2D eigenvalue weighted by atomic mass is 9.63. The second kappa shape index (κ2) is 5.39. The second-order valence-electron chi connectivity index (χ2n) is 8.67. The van der Waals surface area contributed by atoms with Gasteiger partial charge in [0.15, 0.2) is 0 Å². The minimum absolute atomic E-state index is 0.0254. The summed E-state index contributed by atoms with van der Waals surface area (Å²) in [4.78, 5) is 0. The van der Waals surface area contributed by atoms with Crippen molar-refractivity contribution in [2.24, 2.45) is 27.5 Å². The number of rotatable bonds is 3. The summed E-state index contributed by atoms with van der Waals surface area (Å²) in [6.45, 7) is 4.79. The van der Waals surface area contributed by atoms with Gasteiger partial charge in [0, 0.05) is 5.41 Å². The van der Waals surface area contributed by atoms with Gasteiger partial charge in [-0.25, -0.2) is 0 Å². The Kier molecular flexibility index (Phi) is 3.31. The van der Waals surface area contributed by atoms with Crippen molar-refractivity contribution in [3.05, 3.63) is 77.9 Å². The fourth-order valence-corrected chi connectivity index (χ4v) is 6.26. The molecule has 0 N–H and O–H groups in total. The van der Waals surface area contributed by atoms with Gasteiger partial charge in [0.1, 0.15) is 11.1 Å². The van der Waals surface area contributed by atoms with Crippen LogP contribution in [-0.2, 0) is 5.54 Å². The second-order valence-corrected chi connectivity index (χ2v) is 8.67. The summed E-state index contributed by atoms with van der Waals surface area (Å²) in [5.41, 5.74) is 2.18. The Morgan fingerprint density at radius 3 is 2.23 bits per heavy atom. The highest BCUT2D eigenvalue weighted by atomic mass is 15.3. The molecule has 2 aromatic carbocycles. The molecule has 2 saturated carbocycles. The lowest BCUT2D eigenvalue weighted by Crippen LogP contribution is -2.45. The van der Waals surface area contributed by atoms with Gasteiger partial charge in [-0.2, -0.15) is 10.2 Å². The van der Waals surface area contributed by atoms with E-state index in [2.05, 4.69) is 86.7 Å². The molecule has 2 nitrogen and oxygen atoms in total. The van der Waals surface area contributed by atoms with Crippen LogP contribution in [0.3, 0.4) is 0 Å². The molecule has 0 aromatic heterocycles. The van der Waals surface area contributed by atoms with Crippen molar-refractivity contribution in [1.82, 2.24) is 0 Å². The lowest BCUT2D eigenvalue weighted by molar-refractivity contribution is 0.165. The maximum absolute atomic E-state index is 5.06. The highest BCUT2D eigenvalue weighted by Crippen LogP contribution is 2.74. The van der Waals surface area contributed by atoms with E-state index in [0.29, 0.717) is 11.8 Å². The fourth-order valence-electron chi connectivity index (χ4n) is 6.26. The normalized spacial score (nSPS) is 36.7. The van der Waals surface area contributed by atoms with E-state index in [9.17, 15) is 0 Å². The molecule has 0 spiro atoms. The Hall–Kier alpha value is -2.22. The van der Waals surface area contributed by atoms with E-state index >= 15 is 0 Å². The van der Waals surface area contributed by atoms with E-state index in [0.717, 1.165) is 0 Å². The van der Waals surface area contributed by atoms with Crippen LogP contribution < -0.4 is 0 Å². The van der Waals surface area contributed by atoms with Crippen LogP contribution in [0.2, 0.25) is 0 Å². The minimum Gasteiger partial charge on any atom is -0.181 e. The monoisotopic (exact) mass is 342 g/mol. The van der Waals surface area contributed by atoms with E-state index in [4.69, 9.17) is 10.2 Å². The molecule has 0 radical (unpaired) electrons. The average molecular weight is 342 g/mol. The number of fused-ring (bicyclic) bond motifs is 5. The number of hydrogen-bond donors (Lipinski definition) is 0. The first-order valence-corrected chi connectivity index (χ1v) is 9.86. The Balaban J connectivity index is 1.66. The number of azo groups is 1. The Labute approximate surface area is 156 Å². The van der Waals surface area contributed by atoms with Crippen molar-refractivity contribution in [2.75, 3.05) is 0 Å². The molecule has 2 aliphatic carbocycles. The summed E-state index contributed by atoms with van der Waals surface area (Å²) in [5, 5.41) is 10.1. The summed E-state index contributed by atoms with van der Waals surface area (Å²) in [6, 6.07) is 21.5. The zero-order valence-electron chi connectivity index (χ0n) is 15.6. The molecule has 4 atom stereocenters. The van der Waals surface area contributed by atoms with Gasteiger partial charge < -0.3 is 0 Å². The van der Waals surface area contributed by atoms with E-state index in [1.807, 2.05) is 0 Å². The van der Waals surface area contributed by atoms with Gasteiger partial charge in [0.05, 0.1) is 0 Å². The van der Waals surface area contributed by atoms with Gasteiger partial charge in [-0.1, -0.05) is 93.1 Å². The smallest absolute Gasteiger partial charge is 0.117 e. The molecular formula is C24H26N2. The van der Waals surface area contributed by atoms with Crippen LogP contribution in [0.1, 0.15) is 44.2 Å². The van der Waals surface area contributed by atoms with Gasteiger partial charge in [-0.3, -0.25) is 0 Å². The van der Waals surface area contributed by atoms with Crippen molar-refractivity contribution in [1.29, 1.82) is 0 Å². The molecular weight excluding hydrogens is 316 g/mol. The fraction of sp³-hybridized carbons (Fsp3) is 0.417. The third-order valence-electron chi connectivity index (χ3n) is 7.49. The topological polar surface area (TPSA) is 24.7 Å². The Morgan fingerprint density at radius 2 is 1.50 bits per heavy atom. The van der Waals surface area contributed by atoms with Crippen molar-refractivity contribution < 1.29 is 0 Å². The van der Waals surface area contributed by atoms with Gasteiger partial charge >= 0.3 is 0 Å². The number of hydrogen-bond acceptors (Lipinski definition) is 2. The molecule has 2 fully saturated rings. The standard InChI is InChI=1S/C24H26N2/c1-22(2)23(17-16-18-10-5-3-6-11-18)20-14-9-15-21(20)24(22,26-25-23)19-12-7-4-8-13-19/h3-8,10-13,16-17,20-21H,9,14-15H2,1-2H3/b17-16+/t20-,21+,23-,24+/m1/s1. The SMILES string of the molecule is CC1(C)[C@]2(/C=C/c3ccccc3)N=N[C@@]1(c1ccccc1)[C@H]1CCC[C@H]12. The molecule has 5 rings (SSSR count). The summed E-state index contributed by atoms with van der Waals surface area (Å²) in [7, 11) is 0. The van der Waals surface area contributed by atoms with Gasteiger partial charge in [-0.15, -0.1) is 0 Å². The molecule has 132 valence electrons. The summed E-state index contributed by atoms with van der Waals surface area (Å²) >= 11 is 0. The molecule has 0 amide bonds. The predicted octanol–water partition coefficient (Wildman–Crippen LogP) is 6.26. The van der Waals surface area contributed by atoms with E-state index in [1.54, 1.807) is 0 Å². The van der Waals surface area contributed by atoms with Gasteiger partial charge in [0.2, 0.25) is 0 Å².